The topological polar surface area (TPSA) is 48.3 Å². The Morgan fingerprint density at radius 2 is 1.85 bits per heavy atom. The summed E-state index contributed by atoms with van der Waals surface area (Å²) in [6, 6.07) is 16.7. The van der Waals surface area contributed by atoms with Crippen LogP contribution in [0.5, 0.6) is 0 Å². The van der Waals surface area contributed by atoms with E-state index in [0.717, 1.165) is 24.8 Å². The highest BCUT2D eigenvalue weighted by molar-refractivity contribution is 5.94. The summed E-state index contributed by atoms with van der Waals surface area (Å²) in [5.74, 6) is -0.481. The first-order valence-corrected chi connectivity index (χ1v) is 9.52. The van der Waals surface area contributed by atoms with E-state index in [1.54, 1.807) is 4.57 Å². The van der Waals surface area contributed by atoms with Gasteiger partial charge in [0.2, 0.25) is 0 Å². The molecule has 27 heavy (non-hydrogen) atoms. The third-order valence-corrected chi connectivity index (χ3v) is 5.90. The van der Waals surface area contributed by atoms with Crippen LogP contribution in [0.4, 0.5) is 0 Å². The van der Waals surface area contributed by atoms with Gasteiger partial charge in [-0.25, -0.2) is 4.79 Å². The molecule has 0 saturated heterocycles. The average Bonchev–Trinajstić information content (AvgIpc) is 3.47. The van der Waals surface area contributed by atoms with Crippen LogP contribution in [0, 0.1) is 0 Å². The molecule has 1 fully saturated rings. The number of hydrogen-bond acceptors (Lipinski definition) is 3. The molecule has 1 aromatic heterocycles. The van der Waals surface area contributed by atoms with Crippen molar-refractivity contribution in [2.45, 2.75) is 44.2 Å². The second-order valence-electron chi connectivity index (χ2n) is 7.81. The average molecular weight is 359 g/mol. The summed E-state index contributed by atoms with van der Waals surface area (Å²) in [7, 11) is 0. The zero-order chi connectivity index (χ0) is 18.6. The van der Waals surface area contributed by atoms with Gasteiger partial charge >= 0.3 is 5.97 Å². The molecule has 0 spiro atoms. The standard InChI is InChI=1S/C23H21NO3/c1-23(13-11-16-7-4-6-15-5-2-3-8-18(15)16)19-12-14-24(17-9-10-17)21(25)20(19)22(26)27-23/h2-8,12,14,17H,9-11,13H2,1H3. The fourth-order valence-electron chi connectivity index (χ4n) is 4.21. The minimum atomic E-state index is -0.759. The molecule has 4 heteroatoms. The molecule has 136 valence electrons. The van der Waals surface area contributed by atoms with Crippen LogP contribution >= 0.6 is 0 Å². The number of cyclic esters (lactones) is 1. The van der Waals surface area contributed by atoms with Gasteiger partial charge < -0.3 is 9.30 Å². The molecule has 0 bridgehead atoms. The highest BCUT2D eigenvalue weighted by Crippen LogP contribution is 2.40. The van der Waals surface area contributed by atoms with Gasteiger partial charge in [0.15, 0.2) is 0 Å². The molecule has 0 N–H and O–H groups in total. The lowest BCUT2D eigenvalue weighted by Crippen LogP contribution is -2.26. The third kappa shape index (κ3) is 2.59. The van der Waals surface area contributed by atoms with Gasteiger partial charge in [0.25, 0.3) is 5.56 Å². The van der Waals surface area contributed by atoms with Crippen molar-refractivity contribution in [1.82, 2.24) is 4.57 Å². The molecule has 1 atom stereocenters. The molecule has 1 saturated carbocycles. The van der Waals surface area contributed by atoms with Crippen LogP contribution in [-0.4, -0.2) is 10.5 Å². The minimum absolute atomic E-state index is 0.200. The molecule has 2 heterocycles. The number of nitrogens with zero attached hydrogens (tertiary/aromatic N) is 1. The van der Waals surface area contributed by atoms with Crippen molar-refractivity contribution >= 4 is 16.7 Å². The molecule has 4 nitrogen and oxygen atoms in total. The number of ether oxygens (including phenoxy) is 1. The smallest absolute Gasteiger partial charge is 0.345 e. The first kappa shape index (κ1) is 16.3. The van der Waals surface area contributed by atoms with Crippen LogP contribution in [0.1, 0.15) is 53.7 Å². The summed E-state index contributed by atoms with van der Waals surface area (Å²) in [6.07, 6.45) is 5.26. The van der Waals surface area contributed by atoms with E-state index >= 15 is 0 Å². The lowest BCUT2D eigenvalue weighted by Gasteiger charge is -2.24. The molecule has 3 aromatic rings. The number of fused-ring (bicyclic) bond motifs is 2. The first-order chi connectivity index (χ1) is 13.1. The zero-order valence-corrected chi connectivity index (χ0v) is 15.3. The van der Waals surface area contributed by atoms with Crippen LogP contribution in [0.2, 0.25) is 0 Å². The summed E-state index contributed by atoms with van der Waals surface area (Å²) in [6.45, 7) is 1.92. The van der Waals surface area contributed by atoms with Crippen molar-refractivity contribution in [2.24, 2.45) is 0 Å². The van der Waals surface area contributed by atoms with E-state index < -0.39 is 11.6 Å². The number of carbonyl (C=O) groups is 1. The van der Waals surface area contributed by atoms with E-state index in [1.165, 1.54) is 16.3 Å². The Labute approximate surface area is 157 Å². The Balaban J connectivity index is 1.49. The number of aryl methyl sites for hydroxylation is 1. The van der Waals surface area contributed by atoms with Crippen molar-refractivity contribution in [3.63, 3.8) is 0 Å². The van der Waals surface area contributed by atoms with Gasteiger partial charge in [-0.2, -0.15) is 0 Å². The molecule has 2 aliphatic rings. The lowest BCUT2D eigenvalue weighted by atomic mass is 9.88. The number of benzene rings is 2. The first-order valence-electron chi connectivity index (χ1n) is 9.52. The van der Waals surface area contributed by atoms with Crippen molar-refractivity contribution in [3.8, 4) is 0 Å². The predicted octanol–water partition coefficient (Wildman–Crippen LogP) is 4.35. The summed E-state index contributed by atoms with van der Waals surface area (Å²) >= 11 is 0. The second kappa shape index (κ2) is 5.81. The number of hydrogen-bond donors (Lipinski definition) is 0. The highest BCUT2D eigenvalue weighted by Gasteiger charge is 2.44. The van der Waals surface area contributed by atoms with Crippen LogP contribution in [-0.2, 0) is 16.8 Å². The second-order valence-corrected chi connectivity index (χ2v) is 7.81. The van der Waals surface area contributed by atoms with Crippen LogP contribution < -0.4 is 5.56 Å². The SMILES string of the molecule is CC1(CCc2cccc3ccccc23)OC(=O)c2c1ccn(C1CC1)c2=O. The summed E-state index contributed by atoms with van der Waals surface area (Å²) in [4.78, 5) is 25.2. The quantitative estimate of drug-likeness (QED) is 0.651. The van der Waals surface area contributed by atoms with E-state index in [2.05, 4.69) is 30.3 Å². The summed E-state index contributed by atoms with van der Waals surface area (Å²) in [5.41, 5.74) is 1.23. The Morgan fingerprint density at radius 3 is 2.67 bits per heavy atom. The van der Waals surface area contributed by atoms with Gasteiger partial charge in [-0.3, -0.25) is 4.79 Å². The van der Waals surface area contributed by atoms with E-state index in [1.807, 2.05) is 31.3 Å². The van der Waals surface area contributed by atoms with Crippen molar-refractivity contribution in [2.75, 3.05) is 0 Å². The monoisotopic (exact) mass is 359 g/mol. The van der Waals surface area contributed by atoms with Gasteiger partial charge in [0.1, 0.15) is 11.2 Å². The molecule has 0 amide bonds. The van der Waals surface area contributed by atoms with E-state index in [4.69, 9.17) is 4.74 Å². The molecule has 1 aliphatic heterocycles. The normalized spacial score (nSPS) is 21.3. The molecular formula is C23H21NO3. The number of esters is 1. The van der Waals surface area contributed by atoms with E-state index in [0.29, 0.717) is 6.42 Å². The Bertz CT molecular complexity index is 1120. The Morgan fingerprint density at radius 1 is 1.07 bits per heavy atom. The fraction of sp³-hybridized carbons (Fsp3) is 0.304. The number of rotatable bonds is 4. The van der Waals surface area contributed by atoms with Crippen molar-refractivity contribution in [3.05, 3.63) is 81.8 Å². The van der Waals surface area contributed by atoms with Gasteiger partial charge in [-0.05, 0) is 55.0 Å². The summed E-state index contributed by atoms with van der Waals surface area (Å²) < 4.78 is 7.43. The zero-order valence-electron chi connectivity index (χ0n) is 15.3. The van der Waals surface area contributed by atoms with Gasteiger partial charge in [0, 0.05) is 17.8 Å². The molecule has 5 rings (SSSR count). The summed E-state index contributed by atoms with van der Waals surface area (Å²) in [5, 5.41) is 2.42. The van der Waals surface area contributed by atoms with Crippen LogP contribution in [0.25, 0.3) is 10.8 Å². The number of carbonyl (C=O) groups excluding carboxylic acids is 1. The molecule has 2 aromatic carbocycles. The maximum Gasteiger partial charge on any atom is 0.345 e. The molecule has 1 unspecified atom stereocenters. The largest absolute Gasteiger partial charge is 0.451 e. The van der Waals surface area contributed by atoms with E-state index in [9.17, 15) is 9.59 Å². The minimum Gasteiger partial charge on any atom is -0.451 e. The molecular weight excluding hydrogens is 338 g/mol. The Hall–Kier alpha value is -2.88. The maximum absolute atomic E-state index is 12.8. The van der Waals surface area contributed by atoms with E-state index in [-0.39, 0.29) is 17.2 Å². The number of pyridine rings is 1. The Kier molecular flexibility index (Phi) is 3.51. The molecule has 1 aliphatic carbocycles. The lowest BCUT2D eigenvalue weighted by molar-refractivity contribution is -0.00288. The number of aromatic nitrogens is 1. The highest BCUT2D eigenvalue weighted by atomic mass is 16.6. The van der Waals surface area contributed by atoms with Crippen LogP contribution in [0.3, 0.4) is 0 Å². The maximum atomic E-state index is 12.8. The molecule has 0 radical (unpaired) electrons. The van der Waals surface area contributed by atoms with Gasteiger partial charge in [-0.15, -0.1) is 0 Å². The predicted molar refractivity (Wildman–Crippen MR) is 104 cm³/mol. The fourth-order valence-corrected chi connectivity index (χ4v) is 4.21. The van der Waals surface area contributed by atoms with Gasteiger partial charge in [-0.1, -0.05) is 42.5 Å². The third-order valence-electron chi connectivity index (χ3n) is 5.90. The van der Waals surface area contributed by atoms with Crippen molar-refractivity contribution in [1.29, 1.82) is 0 Å². The van der Waals surface area contributed by atoms with Gasteiger partial charge in [0.05, 0.1) is 0 Å². The van der Waals surface area contributed by atoms with Crippen molar-refractivity contribution < 1.29 is 9.53 Å². The van der Waals surface area contributed by atoms with Crippen LogP contribution in [0.15, 0.2) is 59.5 Å².